The van der Waals surface area contributed by atoms with E-state index in [9.17, 15) is 0 Å². The fourth-order valence-electron chi connectivity index (χ4n) is 1.65. The summed E-state index contributed by atoms with van der Waals surface area (Å²) in [7, 11) is 7.54. The van der Waals surface area contributed by atoms with Crippen molar-refractivity contribution >= 4 is 36.4 Å². The summed E-state index contributed by atoms with van der Waals surface area (Å²) in [6, 6.07) is 7.76. The van der Waals surface area contributed by atoms with Crippen LogP contribution >= 0.6 is 12.2 Å². The molecule has 0 atom stereocenters. The number of benzene rings is 1. The van der Waals surface area contributed by atoms with Crippen LogP contribution < -0.4 is 10.8 Å². The Morgan fingerprint density at radius 2 is 2.38 bits per heavy atom. The molecule has 1 aliphatic rings. The summed E-state index contributed by atoms with van der Waals surface area (Å²) in [5.41, 5.74) is 2.86. The molecule has 1 aliphatic heterocycles. The number of nitrogens with one attached hydrogen (secondary N) is 1. The van der Waals surface area contributed by atoms with Gasteiger partial charge in [0.1, 0.15) is 7.85 Å². The molecular formula is C11H12BN3S. The number of nitrogens with zero attached hydrogens (tertiary/aromatic N) is 2. The lowest BCUT2D eigenvalue weighted by atomic mass is 9.93. The van der Waals surface area contributed by atoms with Crippen LogP contribution in [0.5, 0.6) is 0 Å². The van der Waals surface area contributed by atoms with E-state index in [0.29, 0.717) is 5.11 Å². The van der Waals surface area contributed by atoms with Crippen LogP contribution in [-0.2, 0) is 0 Å². The van der Waals surface area contributed by atoms with E-state index in [1.807, 2.05) is 24.3 Å². The van der Waals surface area contributed by atoms with Crippen molar-refractivity contribution in [3.05, 3.63) is 29.8 Å². The largest absolute Gasteiger partial charge is 0.364 e. The SMILES string of the molecule is [B]c1cccc(C2=NN(C(=S)NC)CC2)c1. The highest BCUT2D eigenvalue weighted by atomic mass is 32.1. The van der Waals surface area contributed by atoms with Crippen LogP contribution in [0, 0.1) is 0 Å². The summed E-state index contributed by atoms with van der Waals surface area (Å²) in [5.74, 6) is 0. The first-order valence-electron chi connectivity index (χ1n) is 5.13. The van der Waals surface area contributed by atoms with Crippen molar-refractivity contribution in [2.75, 3.05) is 13.6 Å². The molecular weight excluding hydrogens is 217 g/mol. The smallest absolute Gasteiger partial charge is 0.189 e. The summed E-state index contributed by atoms with van der Waals surface area (Å²) >= 11 is 5.13. The lowest BCUT2D eigenvalue weighted by Crippen LogP contribution is -2.32. The normalized spacial score (nSPS) is 14.8. The molecule has 0 aliphatic carbocycles. The highest BCUT2D eigenvalue weighted by molar-refractivity contribution is 7.80. The van der Waals surface area contributed by atoms with E-state index in [-0.39, 0.29) is 0 Å². The molecule has 5 heteroatoms. The fourth-order valence-corrected chi connectivity index (χ4v) is 1.79. The minimum Gasteiger partial charge on any atom is -0.364 e. The Kier molecular flexibility index (Phi) is 3.24. The van der Waals surface area contributed by atoms with Gasteiger partial charge in [-0.15, -0.1) is 0 Å². The molecule has 16 heavy (non-hydrogen) atoms. The van der Waals surface area contributed by atoms with Gasteiger partial charge in [0.05, 0.1) is 5.71 Å². The lowest BCUT2D eigenvalue weighted by molar-refractivity contribution is 0.485. The molecule has 0 bridgehead atoms. The number of hydrogen-bond acceptors (Lipinski definition) is 2. The molecule has 1 aromatic carbocycles. The molecule has 0 spiro atoms. The van der Waals surface area contributed by atoms with Gasteiger partial charge >= 0.3 is 0 Å². The van der Waals surface area contributed by atoms with Crippen LogP contribution in [0.3, 0.4) is 0 Å². The van der Waals surface area contributed by atoms with Crippen LogP contribution in [0.25, 0.3) is 0 Å². The summed E-state index contributed by atoms with van der Waals surface area (Å²) in [6.07, 6.45) is 0.894. The summed E-state index contributed by atoms with van der Waals surface area (Å²) in [5, 5.41) is 9.83. The molecule has 3 nitrogen and oxygen atoms in total. The Hall–Kier alpha value is -1.36. The number of rotatable bonds is 1. The highest BCUT2D eigenvalue weighted by Gasteiger charge is 2.18. The zero-order valence-electron chi connectivity index (χ0n) is 9.10. The first-order valence-corrected chi connectivity index (χ1v) is 5.54. The molecule has 0 aromatic heterocycles. The predicted molar refractivity (Wildman–Crippen MR) is 71.3 cm³/mol. The van der Waals surface area contributed by atoms with Gasteiger partial charge in [0.15, 0.2) is 5.11 Å². The van der Waals surface area contributed by atoms with Crippen molar-refractivity contribution in [3.8, 4) is 0 Å². The topological polar surface area (TPSA) is 27.6 Å². The van der Waals surface area contributed by atoms with Crippen molar-refractivity contribution in [1.29, 1.82) is 0 Å². The number of thiocarbonyl (C=S) groups is 1. The third-order valence-corrected chi connectivity index (χ3v) is 2.88. The van der Waals surface area contributed by atoms with Crippen molar-refractivity contribution in [3.63, 3.8) is 0 Å². The van der Waals surface area contributed by atoms with Crippen molar-refractivity contribution in [1.82, 2.24) is 10.3 Å². The zero-order chi connectivity index (χ0) is 11.5. The van der Waals surface area contributed by atoms with Crippen molar-refractivity contribution in [2.45, 2.75) is 6.42 Å². The number of hydrazone groups is 1. The average molecular weight is 229 g/mol. The molecule has 1 heterocycles. The van der Waals surface area contributed by atoms with E-state index in [0.717, 1.165) is 29.7 Å². The maximum absolute atomic E-state index is 5.74. The molecule has 80 valence electrons. The van der Waals surface area contributed by atoms with Gasteiger partial charge in [-0.05, 0) is 17.8 Å². The monoisotopic (exact) mass is 229 g/mol. The summed E-state index contributed by atoms with van der Waals surface area (Å²) < 4.78 is 0. The summed E-state index contributed by atoms with van der Waals surface area (Å²) in [6.45, 7) is 0.823. The molecule has 0 fully saturated rings. The Morgan fingerprint density at radius 3 is 3.06 bits per heavy atom. The highest BCUT2D eigenvalue weighted by Crippen LogP contribution is 2.12. The Labute approximate surface area is 102 Å². The quantitative estimate of drug-likeness (QED) is 0.557. The van der Waals surface area contributed by atoms with Crippen LogP contribution in [0.2, 0.25) is 0 Å². The van der Waals surface area contributed by atoms with Gasteiger partial charge in [-0.25, -0.2) is 5.01 Å². The molecule has 1 N–H and O–H groups in total. The second kappa shape index (κ2) is 4.66. The van der Waals surface area contributed by atoms with Crippen LogP contribution in [0.15, 0.2) is 29.4 Å². The molecule has 0 saturated carbocycles. The first kappa shape index (κ1) is 11.1. The maximum Gasteiger partial charge on any atom is 0.189 e. The van der Waals surface area contributed by atoms with Gasteiger partial charge in [0.25, 0.3) is 0 Å². The van der Waals surface area contributed by atoms with Crippen LogP contribution in [0.4, 0.5) is 0 Å². The predicted octanol–water partition coefficient (Wildman–Crippen LogP) is 0.394. The van der Waals surface area contributed by atoms with Crippen molar-refractivity contribution < 1.29 is 0 Å². The molecule has 0 saturated heterocycles. The first-order chi connectivity index (χ1) is 7.70. The number of hydrogen-bond donors (Lipinski definition) is 1. The second-order valence-electron chi connectivity index (χ2n) is 3.60. The molecule has 0 amide bonds. The zero-order valence-corrected chi connectivity index (χ0v) is 9.92. The van der Waals surface area contributed by atoms with E-state index < -0.39 is 0 Å². The van der Waals surface area contributed by atoms with Gasteiger partial charge in [-0.2, -0.15) is 5.10 Å². The third kappa shape index (κ3) is 2.24. The van der Waals surface area contributed by atoms with Gasteiger partial charge in [0.2, 0.25) is 0 Å². The molecule has 1 aromatic rings. The summed E-state index contributed by atoms with van der Waals surface area (Å²) in [4.78, 5) is 0. The average Bonchev–Trinajstić information content (AvgIpc) is 2.77. The van der Waals surface area contributed by atoms with E-state index in [2.05, 4.69) is 10.4 Å². The molecule has 2 radical (unpaired) electrons. The lowest BCUT2D eigenvalue weighted by Gasteiger charge is -2.12. The van der Waals surface area contributed by atoms with Gasteiger partial charge in [-0.1, -0.05) is 29.7 Å². The van der Waals surface area contributed by atoms with Crippen LogP contribution in [-0.4, -0.2) is 37.3 Å². The van der Waals surface area contributed by atoms with Crippen LogP contribution in [0.1, 0.15) is 12.0 Å². The minimum absolute atomic E-state index is 0.652. The second-order valence-corrected chi connectivity index (χ2v) is 3.99. The van der Waals surface area contributed by atoms with E-state index in [4.69, 9.17) is 20.1 Å². The standard InChI is InChI=1S/C11H12BN3S/c1-13-11(16)15-6-5-10(14-15)8-3-2-4-9(12)7-8/h2-4,7H,5-6H2,1H3,(H,13,16). The van der Waals surface area contributed by atoms with Gasteiger partial charge in [0, 0.05) is 20.0 Å². The minimum atomic E-state index is 0.652. The molecule has 2 rings (SSSR count). The fraction of sp³-hybridized carbons (Fsp3) is 0.273. The molecule has 0 unspecified atom stereocenters. The van der Waals surface area contributed by atoms with Gasteiger partial charge < -0.3 is 5.32 Å². The van der Waals surface area contributed by atoms with Gasteiger partial charge in [-0.3, -0.25) is 0 Å². The van der Waals surface area contributed by atoms with Crippen molar-refractivity contribution in [2.24, 2.45) is 5.10 Å². The Balaban J connectivity index is 2.21. The maximum atomic E-state index is 5.74. The van der Waals surface area contributed by atoms with E-state index in [1.54, 1.807) is 12.1 Å². The Bertz CT molecular complexity index is 445. The Morgan fingerprint density at radius 1 is 1.56 bits per heavy atom. The van der Waals surface area contributed by atoms with E-state index in [1.165, 1.54) is 0 Å². The third-order valence-electron chi connectivity index (χ3n) is 2.47. The van der Waals surface area contributed by atoms with E-state index >= 15 is 0 Å².